The van der Waals surface area contributed by atoms with Gasteiger partial charge in [-0.2, -0.15) is 0 Å². The SMILES string of the molecule is Cc1cc(C)c(N2c3cc4c(cc3B3c5cc6c(cc5Oc5cc(Oc7ccccc7)cc2c53)N(c2c(C)cc(C)cc2C)c2cc(Oc3ccccc3)cc3c2B6c2[nH]c5ccccc5c2O3)B2c3[nH]c5ccccc5c3Oc3cc(Oc5ccccc5)cc(c32)N4)c(C)c1. The number of aromatic nitrogens is 2. The minimum atomic E-state index is -0.372. The molecule has 0 radical (unpaired) electrons. The maximum absolute atomic E-state index is 7.75. The van der Waals surface area contributed by atoms with Gasteiger partial charge in [0.1, 0.15) is 69.0 Å². The van der Waals surface area contributed by atoms with Crippen LogP contribution in [0.3, 0.4) is 0 Å². The number of aromatic amines is 2. The zero-order valence-corrected chi connectivity index (χ0v) is 53.4. The Morgan fingerprint density at radius 1 is 0.323 bits per heavy atom. The monoisotopic (exact) mass is 1240 g/mol. The number of nitrogens with one attached hydrogen (secondary N) is 3. The molecule has 14 heteroatoms. The predicted octanol–water partition coefficient (Wildman–Crippen LogP) is 15.4. The average Bonchev–Trinajstić information content (AvgIpc) is 0.900. The molecular formula is C82H58B3N5O6. The lowest BCUT2D eigenvalue weighted by molar-refractivity contribution is 0.463. The van der Waals surface area contributed by atoms with Crippen LogP contribution in [-0.2, 0) is 0 Å². The molecule has 0 saturated carbocycles. The molecule has 20 rings (SSSR count). The number of fused-ring (bicyclic) bond motifs is 16. The molecule has 14 aromatic rings. The molecule has 12 aromatic carbocycles. The second kappa shape index (κ2) is 20.3. The lowest BCUT2D eigenvalue weighted by Gasteiger charge is -2.44. The minimum Gasteiger partial charge on any atom is -0.458 e. The van der Waals surface area contributed by atoms with Gasteiger partial charge in [-0.25, -0.2) is 0 Å². The van der Waals surface area contributed by atoms with Gasteiger partial charge in [-0.3, -0.25) is 0 Å². The molecule has 456 valence electrons. The van der Waals surface area contributed by atoms with E-state index >= 15 is 0 Å². The molecule has 2 aromatic heterocycles. The van der Waals surface area contributed by atoms with E-state index in [4.69, 9.17) is 28.4 Å². The van der Waals surface area contributed by atoms with Crippen LogP contribution >= 0.6 is 0 Å². The topological polar surface area (TPSA) is 105 Å². The molecule has 0 saturated heterocycles. The Morgan fingerprint density at radius 2 is 0.740 bits per heavy atom. The number of ether oxygens (including phenoxy) is 6. The highest BCUT2D eigenvalue weighted by Crippen LogP contribution is 2.51. The number of nitrogens with zero attached hydrogens (tertiary/aromatic N) is 2. The Balaban J connectivity index is 0.875. The summed E-state index contributed by atoms with van der Waals surface area (Å²) in [5, 5.41) is 6.06. The summed E-state index contributed by atoms with van der Waals surface area (Å²) in [6.07, 6.45) is 0. The van der Waals surface area contributed by atoms with Gasteiger partial charge in [-0.05, 0) is 169 Å². The number of rotatable bonds is 8. The predicted molar refractivity (Wildman–Crippen MR) is 391 cm³/mol. The summed E-state index contributed by atoms with van der Waals surface area (Å²) in [5.74, 6) is 8.69. The molecule has 6 aliphatic heterocycles. The zero-order chi connectivity index (χ0) is 63.9. The van der Waals surface area contributed by atoms with Crippen LogP contribution in [0.5, 0.6) is 69.0 Å². The molecule has 0 atom stereocenters. The van der Waals surface area contributed by atoms with Crippen LogP contribution in [0.15, 0.2) is 224 Å². The summed E-state index contributed by atoms with van der Waals surface area (Å²) in [6.45, 7) is 12.3. The second-order valence-electron chi connectivity index (χ2n) is 26.5. The molecule has 0 aliphatic carbocycles. The normalized spacial score (nSPS) is 13.5. The summed E-state index contributed by atoms with van der Waals surface area (Å²) in [4.78, 5) is 12.8. The molecule has 0 bridgehead atoms. The van der Waals surface area contributed by atoms with Gasteiger partial charge < -0.3 is 53.5 Å². The largest absolute Gasteiger partial charge is 0.458 e. The van der Waals surface area contributed by atoms with Crippen molar-refractivity contribution in [3.05, 3.63) is 258 Å². The number of anilines is 8. The van der Waals surface area contributed by atoms with E-state index in [0.717, 1.165) is 185 Å². The fourth-order valence-corrected chi connectivity index (χ4v) is 16.7. The number of hydrogen-bond donors (Lipinski definition) is 3. The van der Waals surface area contributed by atoms with Gasteiger partial charge in [0.05, 0.1) is 11.4 Å². The van der Waals surface area contributed by atoms with Crippen molar-refractivity contribution >= 4 is 137 Å². The van der Waals surface area contributed by atoms with Gasteiger partial charge in [0, 0.05) is 110 Å². The Labute approximate surface area is 555 Å². The molecule has 0 spiro atoms. The van der Waals surface area contributed by atoms with E-state index in [0.29, 0.717) is 23.0 Å². The minimum absolute atomic E-state index is 0.275. The van der Waals surface area contributed by atoms with Crippen molar-refractivity contribution in [3.8, 4) is 69.0 Å². The van der Waals surface area contributed by atoms with Crippen molar-refractivity contribution in [1.82, 2.24) is 9.97 Å². The van der Waals surface area contributed by atoms with E-state index in [9.17, 15) is 0 Å². The first kappa shape index (κ1) is 54.6. The first-order chi connectivity index (χ1) is 47.0. The van der Waals surface area contributed by atoms with Crippen molar-refractivity contribution in [2.75, 3.05) is 15.1 Å². The quantitative estimate of drug-likeness (QED) is 0.128. The maximum Gasteiger partial charge on any atom is 0.276 e. The molecule has 0 fully saturated rings. The highest BCUT2D eigenvalue weighted by Gasteiger charge is 2.51. The summed E-state index contributed by atoms with van der Waals surface area (Å²) in [5.41, 5.74) is 26.4. The summed E-state index contributed by atoms with van der Waals surface area (Å²) in [6, 6.07) is 78.5. The summed E-state index contributed by atoms with van der Waals surface area (Å²) in [7, 11) is 0. The van der Waals surface area contributed by atoms with Crippen LogP contribution in [0.25, 0.3) is 21.8 Å². The Bertz CT molecular complexity index is 5670. The second-order valence-corrected chi connectivity index (χ2v) is 26.5. The van der Waals surface area contributed by atoms with E-state index in [1.54, 1.807) is 0 Å². The highest BCUT2D eigenvalue weighted by atomic mass is 16.5. The average molecular weight is 1240 g/mol. The Hall–Kier alpha value is -11.9. The lowest BCUT2D eigenvalue weighted by Crippen LogP contribution is -2.65. The fraction of sp³-hybridized carbons (Fsp3) is 0.0732. The van der Waals surface area contributed by atoms with E-state index in [2.05, 4.69) is 194 Å². The summed E-state index contributed by atoms with van der Waals surface area (Å²) < 4.78 is 42.7. The van der Waals surface area contributed by atoms with Crippen LogP contribution in [0, 0.1) is 41.5 Å². The van der Waals surface area contributed by atoms with Gasteiger partial charge in [0.25, 0.3) is 20.1 Å². The summed E-state index contributed by atoms with van der Waals surface area (Å²) >= 11 is 0. The molecule has 3 N–H and O–H groups in total. The van der Waals surface area contributed by atoms with Gasteiger partial charge in [-0.1, -0.05) is 126 Å². The third-order valence-electron chi connectivity index (χ3n) is 20.3. The molecule has 11 nitrogen and oxygen atoms in total. The standard InChI is InChI=1S/C82H58B3N5O6/c1-44-30-46(3)77(47(4)31-44)89-66-42-64-58(84-74-65(86-64)34-53(91-50-20-10-7-11-21-50)37-71(74)95-79-56-26-16-18-28-62(56)87-81(79)84)40-59(66)83-61-41-60-67(43-70(61)94-72-38-54(35-68(89)75(72)83)92-51-22-12-8-13-23-51)90(78-48(5)32-45(2)33-49(78)6)69-36-55(93-52-24-14-9-15-25-52)39-73-76(69)85(60)82-80(96-73)57-27-17-19-29-63(57)88-82/h7-43,86-88H,1-6H3. The van der Waals surface area contributed by atoms with Crippen molar-refractivity contribution in [3.63, 3.8) is 0 Å². The highest BCUT2D eigenvalue weighted by molar-refractivity contribution is 7.03. The van der Waals surface area contributed by atoms with Gasteiger partial charge in [0.2, 0.25) is 0 Å². The Morgan fingerprint density at radius 3 is 1.26 bits per heavy atom. The van der Waals surface area contributed by atoms with Crippen LogP contribution in [0.4, 0.5) is 45.5 Å². The fourth-order valence-electron chi connectivity index (χ4n) is 16.7. The molecule has 6 aliphatic rings. The van der Waals surface area contributed by atoms with Crippen LogP contribution in [-0.4, -0.2) is 30.1 Å². The smallest absolute Gasteiger partial charge is 0.276 e. The third kappa shape index (κ3) is 8.11. The number of aryl methyl sites for hydroxylation is 6. The van der Waals surface area contributed by atoms with Crippen molar-refractivity contribution in [2.45, 2.75) is 41.5 Å². The number of para-hydroxylation sites is 5. The number of hydrogen-bond acceptors (Lipinski definition) is 9. The van der Waals surface area contributed by atoms with Gasteiger partial charge >= 0.3 is 0 Å². The van der Waals surface area contributed by atoms with E-state index < -0.39 is 0 Å². The molecule has 0 unspecified atom stereocenters. The zero-order valence-electron chi connectivity index (χ0n) is 53.4. The van der Waals surface area contributed by atoms with Crippen LogP contribution < -0.4 is 93.0 Å². The van der Waals surface area contributed by atoms with Gasteiger partial charge in [0.15, 0.2) is 0 Å². The van der Waals surface area contributed by atoms with Crippen molar-refractivity contribution < 1.29 is 28.4 Å². The number of benzene rings is 12. The van der Waals surface area contributed by atoms with E-state index in [1.165, 1.54) is 11.1 Å². The Kier molecular flexibility index (Phi) is 11.6. The first-order valence-corrected chi connectivity index (χ1v) is 32.9. The van der Waals surface area contributed by atoms with E-state index in [1.807, 2.05) is 97.1 Å². The molecule has 8 heterocycles. The molecule has 96 heavy (non-hydrogen) atoms. The van der Waals surface area contributed by atoms with Crippen LogP contribution in [0.2, 0.25) is 0 Å². The van der Waals surface area contributed by atoms with Crippen LogP contribution in [0.1, 0.15) is 33.4 Å². The lowest BCUT2D eigenvalue weighted by atomic mass is 9.30. The van der Waals surface area contributed by atoms with Crippen molar-refractivity contribution in [1.29, 1.82) is 0 Å². The maximum atomic E-state index is 7.75. The molecule has 0 amide bonds. The van der Waals surface area contributed by atoms with Crippen molar-refractivity contribution in [2.24, 2.45) is 0 Å². The third-order valence-corrected chi connectivity index (χ3v) is 20.3. The molecular weight excluding hydrogens is 1180 g/mol. The number of H-pyrrole nitrogens is 2. The first-order valence-electron chi connectivity index (χ1n) is 32.9. The van der Waals surface area contributed by atoms with Gasteiger partial charge in [-0.15, -0.1) is 0 Å². The van der Waals surface area contributed by atoms with E-state index in [-0.39, 0.29) is 20.1 Å².